The molecule has 1 aromatic carbocycles. The molecule has 0 radical (unpaired) electrons. The van der Waals surface area contributed by atoms with Gasteiger partial charge in [-0.3, -0.25) is 14.3 Å². The molecule has 0 saturated carbocycles. The van der Waals surface area contributed by atoms with Crippen LogP contribution in [0.15, 0.2) is 36.7 Å². The Kier molecular flexibility index (Phi) is 5.51. The maximum atomic E-state index is 5.86. The van der Waals surface area contributed by atoms with Crippen LogP contribution < -0.4 is 4.74 Å². The van der Waals surface area contributed by atoms with Gasteiger partial charge in [0, 0.05) is 18.3 Å². The van der Waals surface area contributed by atoms with Crippen LogP contribution >= 0.6 is 0 Å². The van der Waals surface area contributed by atoms with Gasteiger partial charge >= 0.3 is 0 Å². The number of aromatic nitrogens is 5. The molecular formula is C24H28N6O. The van der Waals surface area contributed by atoms with Crippen molar-refractivity contribution < 1.29 is 4.74 Å². The lowest BCUT2D eigenvalue weighted by molar-refractivity contribution is 0.308. The quantitative estimate of drug-likeness (QED) is 0.415. The highest BCUT2D eigenvalue weighted by Crippen LogP contribution is 2.27. The number of ether oxygens (including phenoxy) is 1. The van der Waals surface area contributed by atoms with Crippen molar-refractivity contribution in [3.8, 4) is 17.1 Å². The third kappa shape index (κ3) is 3.97. The molecule has 0 aliphatic carbocycles. The second kappa shape index (κ2) is 8.59. The molecular weight excluding hydrogens is 388 g/mol. The molecule has 31 heavy (non-hydrogen) atoms. The minimum absolute atomic E-state index is 0.689. The minimum atomic E-state index is 0.689. The molecule has 0 unspecified atom stereocenters. The summed E-state index contributed by atoms with van der Waals surface area (Å²) >= 11 is 0. The Hall–Kier alpha value is -3.06. The number of hydrogen-bond donors (Lipinski definition) is 0. The van der Waals surface area contributed by atoms with E-state index < -0.39 is 0 Å². The van der Waals surface area contributed by atoms with Gasteiger partial charge in [0.1, 0.15) is 5.75 Å². The largest absolute Gasteiger partial charge is 0.492 e. The molecule has 4 heterocycles. The van der Waals surface area contributed by atoms with Crippen molar-refractivity contribution >= 4 is 16.7 Å². The van der Waals surface area contributed by atoms with Crippen LogP contribution in [0.5, 0.6) is 5.75 Å². The monoisotopic (exact) mass is 416 g/mol. The van der Waals surface area contributed by atoms with Crippen molar-refractivity contribution in [2.24, 2.45) is 0 Å². The van der Waals surface area contributed by atoms with Crippen LogP contribution in [0.1, 0.15) is 43.9 Å². The summed E-state index contributed by atoms with van der Waals surface area (Å²) < 4.78 is 7.97. The molecule has 0 N–H and O–H groups in total. The van der Waals surface area contributed by atoms with Crippen LogP contribution in [-0.2, 0) is 6.54 Å². The number of hydrogen-bond acceptors (Lipinski definition) is 6. The van der Waals surface area contributed by atoms with Gasteiger partial charge in [-0.15, -0.1) is 10.2 Å². The summed E-state index contributed by atoms with van der Waals surface area (Å²) in [7, 11) is 0. The molecule has 0 amide bonds. The predicted molar refractivity (Wildman–Crippen MR) is 121 cm³/mol. The number of nitrogens with zero attached hydrogens (tertiary/aromatic N) is 6. The van der Waals surface area contributed by atoms with Crippen LogP contribution in [0.3, 0.4) is 0 Å². The first-order valence-electron chi connectivity index (χ1n) is 11.2. The third-order valence-electron chi connectivity index (χ3n) is 5.90. The minimum Gasteiger partial charge on any atom is -0.492 e. The van der Waals surface area contributed by atoms with E-state index in [1.807, 2.05) is 19.2 Å². The summed E-state index contributed by atoms with van der Waals surface area (Å²) in [5.41, 5.74) is 5.78. The van der Waals surface area contributed by atoms with E-state index in [0.29, 0.717) is 6.61 Å². The van der Waals surface area contributed by atoms with Crippen molar-refractivity contribution in [2.45, 2.75) is 46.1 Å². The molecule has 1 aliphatic rings. The Morgan fingerprint density at radius 3 is 2.77 bits per heavy atom. The van der Waals surface area contributed by atoms with E-state index in [1.54, 1.807) is 6.20 Å². The second-order valence-electron chi connectivity index (χ2n) is 8.30. The predicted octanol–water partition coefficient (Wildman–Crippen LogP) is 4.42. The van der Waals surface area contributed by atoms with Gasteiger partial charge in [0.25, 0.3) is 0 Å². The van der Waals surface area contributed by atoms with E-state index in [2.05, 4.69) is 49.6 Å². The normalized spacial score (nSPS) is 14.6. The van der Waals surface area contributed by atoms with Crippen LogP contribution in [0.25, 0.3) is 28.1 Å². The highest BCUT2D eigenvalue weighted by molar-refractivity contribution is 5.81. The molecule has 0 spiro atoms. The molecule has 5 rings (SSSR count). The lowest BCUT2D eigenvalue weighted by Crippen LogP contribution is -2.18. The fourth-order valence-electron chi connectivity index (χ4n) is 4.26. The summed E-state index contributed by atoms with van der Waals surface area (Å²) in [6.45, 7) is 8.13. The Bertz CT molecular complexity index is 1210. The molecule has 160 valence electrons. The average molecular weight is 417 g/mol. The zero-order valence-corrected chi connectivity index (χ0v) is 18.2. The number of aryl methyl sites for hydroxylation is 1. The fraction of sp³-hybridized carbons (Fsp3) is 0.417. The number of pyridine rings is 1. The van der Waals surface area contributed by atoms with Gasteiger partial charge in [-0.05, 0) is 63.0 Å². The lowest BCUT2D eigenvalue weighted by Gasteiger charge is -2.15. The number of fused-ring (bicyclic) bond motifs is 3. The van der Waals surface area contributed by atoms with E-state index in [-0.39, 0.29) is 0 Å². The van der Waals surface area contributed by atoms with Crippen molar-refractivity contribution in [1.29, 1.82) is 0 Å². The summed E-state index contributed by atoms with van der Waals surface area (Å²) in [4.78, 5) is 11.7. The summed E-state index contributed by atoms with van der Waals surface area (Å²) in [5.74, 6) is 1.52. The van der Waals surface area contributed by atoms with Crippen molar-refractivity contribution in [3.05, 3.63) is 47.9 Å². The van der Waals surface area contributed by atoms with Crippen LogP contribution in [0.4, 0.5) is 0 Å². The molecule has 7 nitrogen and oxygen atoms in total. The van der Waals surface area contributed by atoms with Crippen molar-refractivity contribution in [2.75, 3.05) is 19.7 Å². The molecule has 7 heteroatoms. The average Bonchev–Trinajstić information content (AvgIpc) is 3.45. The molecule has 4 aromatic rings. The van der Waals surface area contributed by atoms with E-state index in [4.69, 9.17) is 9.72 Å². The molecule has 0 atom stereocenters. The van der Waals surface area contributed by atoms with Crippen molar-refractivity contribution in [1.82, 2.24) is 29.5 Å². The molecule has 0 bridgehead atoms. The second-order valence-corrected chi connectivity index (χ2v) is 8.30. The van der Waals surface area contributed by atoms with Crippen LogP contribution in [-0.4, -0.2) is 49.2 Å². The van der Waals surface area contributed by atoms with Gasteiger partial charge in [0.15, 0.2) is 11.5 Å². The van der Waals surface area contributed by atoms with Gasteiger partial charge < -0.3 is 4.74 Å². The molecule has 1 aliphatic heterocycles. The maximum absolute atomic E-state index is 5.86. The lowest BCUT2D eigenvalue weighted by atomic mass is 10.1. The summed E-state index contributed by atoms with van der Waals surface area (Å²) in [6, 6.07) is 8.52. The highest BCUT2D eigenvalue weighted by Gasteiger charge is 2.17. The van der Waals surface area contributed by atoms with Gasteiger partial charge in [0.05, 0.1) is 29.5 Å². The SMILES string of the molecule is CCCCOc1cncc(-c2nnc3c(C)nc4ccc(CN5CCCC5)cc4n23)c1. The van der Waals surface area contributed by atoms with E-state index in [1.165, 1.54) is 31.5 Å². The zero-order chi connectivity index (χ0) is 21.2. The molecule has 1 saturated heterocycles. The first-order chi connectivity index (χ1) is 15.2. The standard InChI is InChI=1S/C24H28N6O/c1-3-4-11-31-20-13-19(14-25-15-20)24-28-27-23-17(2)26-21-8-7-18(12-22(21)30(23)24)16-29-9-5-6-10-29/h7-8,12-15H,3-6,9-11,16H2,1-2H3. The van der Waals surface area contributed by atoms with Crippen LogP contribution in [0.2, 0.25) is 0 Å². The highest BCUT2D eigenvalue weighted by atomic mass is 16.5. The Balaban J connectivity index is 1.59. The number of unbranched alkanes of at least 4 members (excludes halogenated alkanes) is 1. The zero-order valence-electron chi connectivity index (χ0n) is 18.2. The maximum Gasteiger partial charge on any atom is 0.183 e. The Labute approximate surface area is 182 Å². The van der Waals surface area contributed by atoms with Gasteiger partial charge in [-0.1, -0.05) is 19.4 Å². The van der Waals surface area contributed by atoms with Gasteiger partial charge in [-0.2, -0.15) is 0 Å². The Morgan fingerprint density at radius 1 is 1.06 bits per heavy atom. The third-order valence-corrected chi connectivity index (χ3v) is 5.90. The summed E-state index contributed by atoms with van der Waals surface area (Å²) in [5, 5.41) is 8.97. The van der Waals surface area contributed by atoms with Crippen LogP contribution in [0, 0.1) is 6.92 Å². The smallest absolute Gasteiger partial charge is 0.183 e. The topological polar surface area (TPSA) is 68.4 Å². The number of likely N-dealkylation sites (tertiary alicyclic amines) is 1. The molecule has 1 fully saturated rings. The van der Waals surface area contributed by atoms with Gasteiger partial charge in [0.2, 0.25) is 0 Å². The Morgan fingerprint density at radius 2 is 1.94 bits per heavy atom. The number of benzene rings is 1. The number of rotatable bonds is 7. The van der Waals surface area contributed by atoms with Crippen molar-refractivity contribution in [3.63, 3.8) is 0 Å². The fourth-order valence-corrected chi connectivity index (χ4v) is 4.26. The van der Waals surface area contributed by atoms with E-state index in [0.717, 1.165) is 58.9 Å². The summed E-state index contributed by atoms with van der Waals surface area (Å²) in [6.07, 6.45) is 8.27. The molecule has 3 aromatic heterocycles. The first-order valence-corrected chi connectivity index (χ1v) is 11.2. The van der Waals surface area contributed by atoms with E-state index >= 15 is 0 Å². The first kappa shape index (κ1) is 19.9. The van der Waals surface area contributed by atoms with Gasteiger partial charge in [-0.25, -0.2) is 4.98 Å². The van der Waals surface area contributed by atoms with E-state index in [9.17, 15) is 0 Å².